The van der Waals surface area contributed by atoms with Crippen molar-refractivity contribution in [2.45, 2.75) is 32.2 Å². The van der Waals surface area contributed by atoms with Crippen LogP contribution in [-0.2, 0) is 9.47 Å². The fourth-order valence-corrected chi connectivity index (χ4v) is 2.69. The van der Waals surface area contributed by atoms with Crippen LogP contribution in [0, 0.1) is 0 Å². The predicted octanol–water partition coefficient (Wildman–Crippen LogP) is 3.72. The Morgan fingerprint density at radius 3 is 2.92 bits per heavy atom. The summed E-state index contributed by atoms with van der Waals surface area (Å²) in [6.45, 7) is 4.99. The van der Waals surface area contributed by atoms with Gasteiger partial charge in [0.1, 0.15) is 18.1 Å². The monoisotopic (exact) mass is 329 g/mol. The minimum absolute atomic E-state index is 0.113. The minimum atomic E-state index is -0.468. The molecule has 24 heavy (non-hydrogen) atoms. The van der Waals surface area contributed by atoms with Crippen molar-refractivity contribution in [2.75, 3.05) is 20.3 Å². The van der Waals surface area contributed by atoms with Crippen LogP contribution in [0.25, 0.3) is 10.9 Å². The third-order valence-electron chi connectivity index (χ3n) is 3.88. The van der Waals surface area contributed by atoms with Gasteiger partial charge in [-0.15, -0.1) is 0 Å². The van der Waals surface area contributed by atoms with Crippen molar-refractivity contribution in [1.82, 2.24) is 4.98 Å². The second-order valence-electron chi connectivity index (χ2n) is 6.16. The van der Waals surface area contributed by atoms with Crippen molar-refractivity contribution < 1.29 is 18.9 Å². The lowest BCUT2D eigenvalue weighted by Crippen LogP contribution is -2.21. The molecule has 0 N–H and O–H groups in total. The fraction of sp³-hybridized carbons (Fsp3) is 0.421. The van der Waals surface area contributed by atoms with Crippen molar-refractivity contribution >= 4 is 10.9 Å². The van der Waals surface area contributed by atoms with E-state index in [2.05, 4.69) is 11.1 Å². The van der Waals surface area contributed by atoms with Crippen LogP contribution in [0.15, 0.2) is 42.6 Å². The lowest BCUT2D eigenvalue weighted by atomic mass is 10.2. The molecule has 0 amide bonds. The van der Waals surface area contributed by atoms with Gasteiger partial charge in [0.05, 0.1) is 25.3 Å². The van der Waals surface area contributed by atoms with Crippen molar-refractivity contribution in [3.63, 3.8) is 0 Å². The van der Waals surface area contributed by atoms with E-state index in [0.717, 1.165) is 28.8 Å². The zero-order chi connectivity index (χ0) is 17.0. The quantitative estimate of drug-likeness (QED) is 0.756. The number of nitrogens with zero attached hydrogens (tertiary/aromatic N) is 1. The second-order valence-corrected chi connectivity index (χ2v) is 6.16. The molecule has 0 aliphatic carbocycles. The van der Waals surface area contributed by atoms with Crippen molar-refractivity contribution in [2.24, 2.45) is 0 Å². The zero-order valence-corrected chi connectivity index (χ0v) is 14.3. The number of benzene rings is 1. The summed E-state index contributed by atoms with van der Waals surface area (Å²) in [6.07, 6.45) is 6.75. The normalized spacial score (nSPS) is 19.9. The van der Waals surface area contributed by atoms with Gasteiger partial charge >= 0.3 is 0 Å². The maximum absolute atomic E-state index is 5.87. The summed E-state index contributed by atoms with van der Waals surface area (Å²) >= 11 is 0. The van der Waals surface area contributed by atoms with Gasteiger partial charge in [0.25, 0.3) is 0 Å². The number of hydrogen-bond donors (Lipinski definition) is 0. The van der Waals surface area contributed by atoms with Gasteiger partial charge in [-0.3, -0.25) is 4.98 Å². The lowest BCUT2D eigenvalue weighted by molar-refractivity contribution is -0.137. The Bertz CT molecular complexity index is 726. The number of methoxy groups -OCH3 is 1. The number of pyridine rings is 1. The van der Waals surface area contributed by atoms with E-state index in [4.69, 9.17) is 18.9 Å². The molecule has 2 heterocycles. The second kappa shape index (κ2) is 7.20. The Morgan fingerprint density at radius 1 is 1.29 bits per heavy atom. The summed E-state index contributed by atoms with van der Waals surface area (Å²) in [5.41, 5.74) is 0.885. The van der Waals surface area contributed by atoms with E-state index >= 15 is 0 Å². The molecule has 0 saturated carbocycles. The first kappa shape index (κ1) is 16.7. The highest BCUT2D eigenvalue weighted by molar-refractivity contribution is 5.86. The Balaban J connectivity index is 1.57. The lowest BCUT2D eigenvalue weighted by Gasteiger charge is -2.16. The molecule has 0 unspecified atom stereocenters. The van der Waals surface area contributed by atoms with E-state index in [1.165, 1.54) is 0 Å². The number of fused-ring (bicyclic) bond motifs is 1. The molecule has 1 fully saturated rings. The molecule has 5 nitrogen and oxygen atoms in total. The topological polar surface area (TPSA) is 49.8 Å². The van der Waals surface area contributed by atoms with E-state index in [9.17, 15) is 0 Å². The summed E-state index contributed by atoms with van der Waals surface area (Å²) in [6, 6.07) is 7.62. The smallest absolute Gasteiger partial charge is 0.163 e. The Morgan fingerprint density at radius 2 is 2.17 bits per heavy atom. The van der Waals surface area contributed by atoms with E-state index < -0.39 is 5.79 Å². The average Bonchev–Trinajstić information content (AvgIpc) is 2.93. The number of ether oxygens (including phenoxy) is 4. The number of hydrogen-bond acceptors (Lipinski definition) is 5. The van der Waals surface area contributed by atoms with Crippen molar-refractivity contribution in [3.05, 3.63) is 42.6 Å². The van der Waals surface area contributed by atoms with Gasteiger partial charge in [-0.2, -0.15) is 0 Å². The van der Waals surface area contributed by atoms with Crippen LogP contribution < -0.4 is 9.47 Å². The molecule has 1 aromatic carbocycles. The van der Waals surface area contributed by atoms with Crippen LogP contribution in [0.2, 0.25) is 0 Å². The molecule has 1 saturated heterocycles. The molecule has 128 valence electrons. The van der Waals surface area contributed by atoms with Gasteiger partial charge in [0, 0.05) is 11.6 Å². The van der Waals surface area contributed by atoms with Gasteiger partial charge in [0.2, 0.25) is 0 Å². The van der Waals surface area contributed by atoms with Crippen molar-refractivity contribution in [3.8, 4) is 11.5 Å². The molecule has 1 aliphatic rings. The maximum atomic E-state index is 5.87. The van der Waals surface area contributed by atoms with Gasteiger partial charge in [-0.05, 0) is 44.5 Å². The van der Waals surface area contributed by atoms with Gasteiger partial charge in [-0.25, -0.2) is 0 Å². The Kier molecular flexibility index (Phi) is 5.02. The van der Waals surface area contributed by atoms with Crippen LogP contribution in [0.1, 0.15) is 20.3 Å². The predicted molar refractivity (Wildman–Crippen MR) is 92.5 cm³/mol. The molecule has 5 heteroatoms. The van der Waals surface area contributed by atoms with E-state index in [0.29, 0.717) is 13.2 Å². The molecule has 0 radical (unpaired) electrons. The molecule has 3 rings (SSSR count). The first-order chi connectivity index (χ1) is 11.6. The first-order valence-electron chi connectivity index (χ1n) is 8.10. The van der Waals surface area contributed by atoms with E-state index in [-0.39, 0.29) is 6.10 Å². The van der Waals surface area contributed by atoms with Crippen LogP contribution in [0.5, 0.6) is 11.5 Å². The van der Waals surface area contributed by atoms with Gasteiger partial charge in [-0.1, -0.05) is 12.2 Å². The molecular weight excluding hydrogens is 306 g/mol. The minimum Gasteiger partial charge on any atom is -0.497 e. The molecule has 0 bridgehead atoms. The van der Waals surface area contributed by atoms with Gasteiger partial charge in [0.15, 0.2) is 5.79 Å². The van der Waals surface area contributed by atoms with E-state index in [1.54, 1.807) is 13.3 Å². The fourth-order valence-electron chi connectivity index (χ4n) is 2.69. The van der Waals surface area contributed by atoms with Crippen LogP contribution >= 0.6 is 0 Å². The van der Waals surface area contributed by atoms with E-state index in [1.807, 2.05) is 44.2 Å². The third-order valence-corrected chi connectivity index (χ3v) is 3.88. The zero-order valence-electron chi connectivity index (χ0n) is 14.3. The molecule has 1 aliphatic heterocycles. The molecule has 0 spiro atoms. The summed E-state index contributed by atoms with van der Waals surface area (Å²) in [5.74, 6) is 1.12. The van der Waals surface area contributed by atoms with Gasteiger partial charge < -0.3 is 18.9 Å². The molecule has 1 atom stereocenters. The summed E-state index contributed by atoms with van der Waals surface area (Å²) in [7, 11) is 1.65. The first-order valence-corrected chi connectivity index (χ1v) is 8.10. The molecule has 2 aromatic rings. The van der Waals surface area contributed by atoms with Crippen LogP contribution in [0.3, 0.4) is 0 Å². The SMILES string of the molecule is COc1ccc2nccc(OC/C=C/C[C@@H]3COC(C)(C)O3)c2c1. The summed E-state index contributed by atoms with van der Waals surface area (Å²) in [5, 5.41) is 0.944. The Hall–Kier alpha value is -2.11. The standard InChI is InChI=1S/C19H23NO4/c1-19(2)23-13-15(24-19)6-4-5-11-22-18-9-10-20-17-8-7-14(21-3)12-16(17)18/h4-5,7-10,12,15H,6,11,13H2,1-3H3/b5-4+/t15-/m1/s1. The van der Waals surface area contributed by atoms with Crippen LogP contribution in [0.4, 0.5) is 0 Å². The van der Waals surface area contributed by atoms with Crippen LogP contribution in [-0.4, -0.2) is 37.2 Å². The largest absolute Gasteiger partial charge is 0.497 e. The number of rotatable bonds is 6. The third kappa shape index (κ3) is 4.04. The summed E-state index contributed by atoms with van der Waals surface area (Å²) < 4.78 is 22.4. The summed E-state index contributed by atoms with van der Waals surface area (Å²) in [4.78, 5) is 4.34. The van der Waals surface area contributed by atoms with Crippen molar-refractivity contribution in [1.29, 1.82) is 0 Å². The highest BCUT2D eigenvalue weighted by Crippen LogP contribution is 2.28. The molecular formula is C19H23NO4. The number of aromatic nitrogens is 1. The maximum Gasteiger partial charge on any atom is 0.163 e. The molecule has 1 aromatic heterocycles. The average molecular weight is 329 g/mol. The highest BCUT2D eigenvalue weighted by atomic mass is 16.7. The Labute approximate surface area is 142 Å². The highest BCUT2D eigenvalue weighted by Gasteiger charge is 2.31.